The molecule has 0 heterocycles. The van der Waals surface area contributed by atoms with Crippen LogP contribution in [0.3, 0.4) is 0 Å². The molecule has 0 fully saturated rings. The molecule has 2 N–H and O–H groups in total. The molecular weight excluding hydrogens is 248 g/mol. The van der Waals surface area contributed by atoms with Crippen LogP contribution >= 0.6 is 0 Å². The predicted molar refractivity (Wildman–Crippen MR) is 88.2 cm³/mol. The second kappa shape index (κ2) is 16.1. The van der Waals surface area contributed by atoms with E-state index < -0.39 is 0 Å². The predicted octanol–water partition coefficient (Wildman–Crippen LogP) is 6.59. The fourth-order valence-electron chi connectivity index (χ4n) is 2.35. The maximum absolute atomic E-state index is 8.97. The van der Waals surface area contributed by atoms with Crippen molar-refractivity contribution in [2.24, 2.45) is 0 Å². The Morgan fingerprint density at radius 2 is 1.20 bits per heavy atom. The van der Waals surface area contributed by atoms with Crippen LogP contribution in [-0.2, 0) is 0 Å². The van der Waals surface area contributed by atoms with Gasteiger partial charge in [0.05, 0.1) is 0 Å². The van der Waals surface area contributed by atoms with Crippen molar-refractivity contribution in [2.45, 2.75) is 90.4 Å². The number of rotatable bonds is 14. The molecule has 2 nitrogen and oxygen atoms in total. The highest BCUT2D eigenvalue weighted by Gasteiger charge is 1.93. The average molecular weight is 282 g/mol. The van der Waals surface area contributed by atoms with Crippen molar-refractivity contribution in [1.82, 2.24) is 0 Å². The lowest BCUT2D eigenvalue weighted by molar-refractivity contribution is 0.377. The van der Waals surface area contributed by atoms with Gasteiger partial charge in [-0.3, -0.25) is 0 Å². The number of hydrogen-bond acceptors (Lipinski definition) is 2. The zero-order valence-electron chi connectivity index (χ0n) is 13.3. The quantitative estimate of drug-likeness (QED) is 0.214. The van der Waals surface area contributed by atoms with Gasteiger partial charge in [-0.25, -0.2) is 0 Å². The molecule has 0 bridgehead atoms. The van der Waals surface area contributed by atoms with Crippen LogP contribution in [0.15, 0.2) is 24.2 Å². The first-order valence-electron chi connectivity index (χ1n) is 8.51. The summed E-state index contributed by atoms with van der Waals surface area (Å²) in [6.07, 6.45) is 21.5. The number of aliphatic hydroxyl groups excluding tert-OH is 2. The second-order valence-electron chi connectivity index (χ2n) is 5.63. The van der Waals surface area contributed by atoms with Gasteiger partial charge in [-0.15, -0.1) is 0 Å². The highest BCUT2D eigenvalue weighted by Crippen LogP contribution is 2.12. The lowest BCUT2D eigenvalue weighted by Crippen LogP contribution is -1.82. The minimum atomic E-state index is -0.0658. The van der Waals surface area contributed by atoms with E-state index in [9.17, 15) is 0 Å². The van der Waals surface area contributed by atoms with E-state index in [1.165, 1.54) is 77.0 Å². The summed E-state index contributed by atoms with van der Waals surface area (Å²) in [6, 6.07) is 0. The van der Waals surface area contributed by atoms with Crippen molar-refractivity contribution in [1.29, 1.82) is 0 Å². The van der Waals surface area contributed by atoms with Crippen molar-refractivity contribution >= 4 is 0 Å². The summed E-state index contributed by atoms with van der Waals surface area (Å²) in [5.41, 5.74) is 0. The van der Waals surface area contributed by atoms with Gasteiger partial charge < -0.3 is 10.2 Å². The van der Waals surface area contributed by atoms with Crippen molar-refractivity contribution < 1.29 is 10.2 Å². The monoisotopic (exact) mass is 282 g/mol. The number of hydrogen-bond donors (Lipinski definition) is 2. The molecule has 0 aromatic heterocycles. The Morgan fingerprint density at radius 3 is 1.65 bits per heavy atom. The lowest BCUT2D eigenvalue weighted by atomic mass is 10.0. The normalized spacial score (nSPS) is 12.3. The first kappa shape index (κ1) is 19.1. The minimum absolute atomic E-state index is 0.0658. The molecule has 118 valence electrons. The molecule has 0 saturated carbocycles. The Morgan fingerprint density at radius 1 is 0.750 bits per heavy atom. The smallest absolute Gasteiger partial charge is 0.149 e. The summed E-state index contributed by atoms with van der Waals surface area (Å²) in [4.78, 5) is 0. The maximum Gasteiger partial charge on any atom is 0.149 e. The summed E-state index contributed by atoms with van der Waals surface area (Å²) in [6.45, 7) is 2.27. The maximum atomic E-state index is 8.97. The molecule has 0 radical (unpaired) electrons. The Hall–Kier alpha value is -0.920. The highest BCUT2D eigenvalue weighted by molar-refractivity contribution is 5.06. The van der Waals surface area contributed by atoms with Gasteiger partial charge >= 0.3 is 0 Å². The van der Waals surface area contributed by atoms with Crippen LogP contribution in [0.2, 0.25) is 0 Å². The van der Waals surface area contributed by atoms with Gasteiger partial charge in [0.1, 0.15) is 12.0 Å². The largest absolute Gasteiger partial charge is 0.512 e. The molecular formula is C18H34O2. The van der Waals surface area contributed by atoms with Crippen LogP contribution in [-0.4, -0.2) is 10.2 Å². The van der Waals surface area contributed by atoms with Gasteiger partial charge in [0.15, 0.2) is 0 Å². The third kappa shape index (κ3) is 15.1. The average Bonchev–Trinajstić information content (AvgIpc) is 2.47. The highest BCUT2D eigenvalue weighted by atomic mass is 16.3. The molecule has 0 unspecified atom stereocenters. The van der Waals surface area contributed by atoms with E-state index >= 15 is 0 Å². The van der Waals surface area contributed by atoms with Crippen LogP contribution in [0.4, 0.5) is 0 Å². The third-order valence-electron chi connectivity index (χ3n) is 3.65. The summed E-state index contributed by atoms with van der Waals surface area (Å²) < 4.78 is 0. The molecule has 0 spiro atoms. The Labute approximate surface area is 125 Å². The second-order valence-corrected chi connectivity index (χ2v) is 5.63. The van der Waals surface area contributed by atoms with Crippen molar-refractivity contribution in [3.63, 3.8) is 0 Å². The topological polar surface area (TPSA) is 40.5 Å². The Balaban J connectivity index is 3.08. The molecule has 0 aromatic rings. The summed E-state index contributed by atoms with van der Waals surface area (Å²) in [5, 5.41) is 17.4. The fourth-order valence-corrected chi connectivity index (χ4v) is 2.35. The molecule has 0 saturated heterocycles. The van der Waals surface area contributed by atoms with Crippen LogP contribution in [0.5, 0.6) is 0 Å². The van der Waals surface area contributed by atoms with Crippen molar-refractivity contribution in [3.05, 3.63) is 24.2 Å². The zero-order chi connectivity index (χ0) is 14.9. The van der Waals surface area contributed by atoms with Gasteiger partial charge in [0, 0.05) is 0 Å². The van der Waals surface area contributed by atoms with E-state index in [2.05, 4.69) is 6.92 Å². The van der Waals surface area contributed by atoms with E-state index in [4.69, 9.17) is 10.2 Å². The minimum Gasteiger partial charge on any atom is -0.512 e. The van der Waals surface area contributed by atoms with Crippen molar-refractivity contribution in [2.75, 3.05) is 0 Å². The van der Waals surface area contributed by atoms with Crippen LogP contribution in [0.25, 0.3) is 0 Å². The van der Waals surface area contributed by atoms with Crippen LogP contribution < -0.4 is 0 Å². The molecule has 0 aliphatic rings. The standard InChI is InChI=1S/C18H34O2/c1-2-3-4-5-6-7-8-9-10-11-12-13-14-15-16-18(20)17-19/h15-17,19-20H,2-14H2,1H3. The number of unbranched alkanes of at least 4 members (excludes halogenated alkanes) is 12. The van der Waals surface area contributed by atoms with E-state index in [1.54, 1.807) is 6.08 Å². The Kier molecular flexibility index (Phi) is 15.4. The fraction of sp³-hybridized carbons (Fsp3) is 0.778. The molecule has 20 heavy (non-hydrogen) atoms. The number of aliphatic hydroxyl groups is 2. The van der Waals surface area contributed by atoms with Gasteiger partial charge in [0.2, 0.25) is 0 Å². The van der Waals surface area contributed by atoms with E-state index in [-0.39, 0.29) is 5.76 Å². The summed E-state index contributed by atoms with van der Waals surface area (Å²) in [7, 11) is 0. The first-order valence-corrected chi connectivity index (χ1v) is 8.51. The number of allylic oxidation sites excluding steroid dienone is 2. The SMILES string of the molecule is CCCCCCCCCCCCCCC=CC(O)=CO. The van der Waals surface area contributed by atoms with Crippen molar-refractivity contribution in [3.8, 4) is 0 Å². The van der Waals surface area contributed by atoms with Gasteiger partial charge in [-0.1, -0.05) is 83.6 Å². The molecule has 0 amide bonds. The van der Waals surface area contributed by atoms with E-state index in [0.717, 1.165) is 12.7 Å². The molecule has 0 rings (SSSR count). The zero-order valence-corrected chi connectivity index (χ0v) is 13.3. The lowest BCUT2D eigenvalue weighted by Gasteiger charge is -2.02. The summed E-state index contributed by atoms with van der Waals surface area (Å²) in [5.74, 6) is -0.0658. The molecule has 0 atom stereocenters. The molecule has 0 aromatic carbocycles. The first-order chi connectivity index (χ1) is 9.81. The van der Waals surface area contributed by atoms with Crippen LogP contribution in [0.1, 0.15) is 90.4 Å². The Bertz CT molecular complexity index is 244. The van der Waals surface area contributed by atoms with Crippen LogP contribution in [0, 0.1) is 0 Å². The van der Waals surface area contributed by atoms with Gasteiger partial charge in [0.25, 0.3) is 0 Å². The molecule has 2 heteroatoms. The van der Waals surface area contributed by atoms with E-state index in [1.807, 2.05) is 6.08 Å². The molecule has 0 aliphatic heterocycles. The van der Waals surface area contributed by atoms with E-state index in [0.29, 0.717) is 0 Å². The van der Waals surface area contributed by atoms with Gasteiger partial charge in [-0.05, 0) is 18.9 Å². The summed E-state index contributed by atoms with van der Waals surface area (Å²) >= 11 is 0. The van der Waals surface area contributed by atoms with Gasteiger partial charge in [-0.2, -0.15) is 0 Å². The molecule has 0 aliphatic carbocycles. The third-order valence-corrected chi connectivity index (χ3v) is 3.65.